The Bertz CT molecular complexity index is 569. The number of halogens is 1. The maximum absolute atomic E-state index is 11.7. The second-order valence-electron chi connectivity index (χ2n) is 4.05. The van der Waals surface area contributed by atoms with Crippen molar-refractivity contribution in [3.63, 3.8) is 0 Å². The number of nitrogens with one attached hydrogen (secondary N) is 1. The highest BCUT2D eigenvalue weighted by Crippen LogP contribution is 2.28. The van der Waals surface area contributed by atoms with E-state index in [-0.39, 0.29) is 11.9 Å². The van der Waals surface area contributed by atoms with Crippen molar-refractivity contribution in [2.24, 2.45) is 5.73 Å². The summed E-state index contributed by atoms with van der Waals surface area (Å²) in [6.45, 7) is 1.96. The van der Waals surface area contributed by atoms with Crippen LogP contribution in [0.1, 0.15) is 19.8 Å². The van der Waals surface area contributed by atoms with Crippen molar-refractivity contribution in [3.05, 3.63) is 23.2 Å². The summed E-state index contributed by atoms with van der Waals surface area (Å²) in [6, 6.07) is 5.35. The van der Waals surface area contributed by atoms with Gasteiger partial charge in [-0.15, -0.1) is 0 Å². The van der Waals surface area contributed by atoms with Crippen molar-refractivity contribution < 1.29 is 4.79 Å². The Morgan fingerprint density at radius 3 is 3.11 bits per heavy atom. The number of aromatic nitrogens is 1. The fraction of sp³-hybridized carbons (Fsp3) is 0.333. The van der Waals surface area contributed by atoms with Crippen molar-refractivity contribution in [3.8, 4) is 0 Å². The van der Waals surface area contributed by atoms with Gasteiger partial charge in [-0.1, -0.05) is 29.9 Å². The standard InChI is InChI=1S/C12H14ClN3OS/c1-2-8(14)6-11(17)16-12-15-9-4-3-7(13)5-10(9)18-12/h3-5,8H,2,6,14H2,1H3,(H,15,16,17). The van der Waals surface area contributed by atoms with E-state index in [0.717, 1.165) is 16.6 Å². The quantitative estimate of drug-likeness (QED) is 0.906. The predicted molar refractivity (Wildman–Crippen MR) is 76.1 cm³/mol. The third-order valence-corrected chi connectivity index (χ3v) is 3.74. The van der Waals surface area contributed by atoms with Crippen LogP contribution in [0.5, 0.6) is 0 Å². The first-order valence-electron chi connectivity index (χ1n) is 5.70. The van der Waals surface area contributed by atoms with E-state index < -0.39 is 0 Å². The molecule has 3 N–H and O–H groups in total. The van der Waals surface area contributed by atoms with Crippen molar-refractivity contribution in [2.75, 3.05) is 5.32 Å². The molecule has 0 aliphatic carbocycles. The van der Waals surface area contributed by atoms with Crippen LogP contribution in [0.2, 0.25) is 5.02 Å². The molecule has 6 heteroatoms. The largest absolute Gasteiger partial charge is 0.327 e. The molecule has 1 unspecified atom stereocenters. The van der Waals surface area contributed by atoms with E-state index in [9.17, 15) is 4.79 Å². The molecule has 0 saturated carbocycles. The molecule has 18 heavy (non-hydrogen) atoms. The van der Waals surface area contributed by atoms with Crippen LogP contribution < -0.4 is 11.1 Å². The lowest BCUT2D eigenvalue weighted by Gasteiger charge is -2.06. The van der Waals surface area contributed by atoms with Crippen molar-refractivity contribution in [2.45, 2.75) is 25.8 Å². The number of carbonyl (C=O) groups excluding carboxylic acids is 1. The van der Waals surface area contributed by atoms with Gasteiger partial charge in [0, 0.05) is 17.5 Å². The molecule has 1 heterocycles. The molecule has 1 aromatic heterocycles. The molecule has 2 aromatic rings. The summed E-state index contributed by atoms with van der Waals surface area (Å²) < 4.78 is 0.956. The minimum Gasteiger partial charge on any atom is -0.327 e. The number of amides is 1. The zero-order valence-electron chi connectivity index (χ0n) is 9.94. The maximum Gasteiger partial charge on any atom is 0.227 e. The Kier molecular flexibility index (Phi) is 4.16. The highest BCUT2D eigenvalue weighted by molar-refractivity contribution is 7.22. The lowest BCUT2D eigenvalue weighted by atomic mass is 10.2. The van der Waals surface area contributed by atoms with Gasteiger partial charge in [-0.25, -0.2) is 4.98 Å². The van der Waals surface area contributed by atoms with E-state index in [0.29, 0.717) is 16.6 Å². The SMILES string of the molecule is CCC(N)CC(=O)Nc1nc2ccc(Cl)cc2s1. The molecule has 0 spiro atoms. The normalized spacial score (nSPS) is 12.6. The van der Waals surface area contributed by atoms with Crippen LogP contribution >= 0.6 is 22.9 Å². The second kappa shape index (κ2) is 5.65. The lowest BCUT2D eigenvalue weighted by molar-refractivity contribution is -0.116. The van der Waals surface area contributed by atoms with E-state index in [4.69, 9.17) is 17.3 Å². The van der Waals surface area contributed by atoms with Gasteiger partial charge in [0.2, 0.25) is 5.91 Å². The minimum absolute atomic E-state index is 0.102. The third kappa shape index (κ3) is 3.19. The number of hydrogen-bond donors (Lipinski definition) is 2. The van der Waals surface area contributed by atoms with Gasteiger partial charge in [0.15, 0.2) is 5.13 Å². The Balaban J connectivity index is 2.10. The van der Waals surface area contributed by atoms with Gasteiger partial charge in [-0.2, -0.15) is 0 Å². The third-order valence-electron chi connectivity index (χ3n) is 2.57. The topological polar surface area (TPSA) is 68.0 Å². The molecule has 1 atom stereocenters. The van der Waals surface area contributed by atoms with E-state index in [1.165, 1.54) is 11.3 Å². The molecule has 1 amide bonds. The summed E-state index contributed by atoms with van der Waals surface area (Å²) in [7, 11) is 0. The zero-order valence-corrected chi connectivity index (χ0v) is 11.5. The number of hydrogen-bond acceptors (Lipinski definition) is 4. The van der Waals surface area contributed by atoms with Crippen LogP contribution in [-0.2, 0) is 4.79 Å². The Morgan fingerprint density at radius 1 is 1.61 bits per heavy atom. The summed E-state index contributed by atoms with van der Waals surface area (Å²) in [5.41, 5.74) is 6.56. The number of nitrogens with zero attached hydrogens (tertiary/aromatic N) is 1. The Labute approximate surface area is 114 Å². The van der Waals surface area contributed by atoms with Crippen molar-refractivity contribution in [1.82, 2.24) is 4.98 Å². The van der Waals surface area contributed by atoms with Crippen LogP contribution in [0.25, 0.3) is 10.2 Å². The summed E-state index contributed by atoms with van der Waals surface area (Å²) in [4.78, 5) is 16.0. The fourth-order valence-electron chi connectivity index (χ4n) is 1.50. The summed E-state index contributed by atoms with van der Waals surface area (Å²) in [5.74, 6) is -0.102. The molecule has 0 aliphatic rings. The van der Waals surface area contributed by atoms with Crippen LogP contribution in [0.4, 0.5) is 5.13 Å². The number of rotatable bonds is 4. The van der Waals surface area contributed by atoms with Crippen molar-refractivity contribution >= 4 is 44.2 Å². The molecule has 0 radical (unpaired) electrons. The van der Waals surface area contributed by atoms with Gasteiger partial charge in [0.25, 0.3) is 0 Å². The van der Waals surface area contributed by atoms with Gasteiger partial charge >= 0.3 is 0 Å². The number of anilines is 1. The number of carbonyl (C=O) groups is 1. The fourth-order valence-corrected chi connectivity index (χ4v) is 2.66. The summed E-state index contributed by atoms with van der Waals surface area (Å²) >= 11 is 7.30. The lowest BCUT2D eigenvalue weighted by Crippen LogP contribution is -2.26. The molecule has 0 fully saturated rings. The highest BCUT2D eigenvalue weighted by atomic mass is 35.5. The molecule has 0 saturated heterocycles. The van der Waals surface area contributed by atoms with Crippen molar-refractivity contribution in [1.29, 1.82) is 0 Å². The van der Waals surface area contributed by atoms with Crippen LogP contribution in [-0.4, -0.2) is 16.9 Å². The van der Waals surface area contributed by atoms with E-state index in [1.807, 2.05) is 19.1 Å². The smallest absolute Gasteiger partial charge is 0.227 e. The predicted octanol–water partition coefficient (Wildman–Crippen LogP) is 3.02. The van der Waals surface area contributed by atoms with Crippen LogP contribution in [0.15, 0.2) is 18.2 Å². The average molecular weight is 284 g/mol. The summed E-state index contributed by atoms with van der Waals surface area (Å²) in [5, 5.41) is 4.01. The van der Waals surface area contributed by atoms with Gasteiger partial charge in [0.05, 0.1) is 10.2 Å². The van der Waals surface area contributed by atoms with Gasteiger partial charge in [-0.05, 0) is 24.6 Å². The number of fused-ring (bicyclic) bond motifs is 1. The number of benzene rings is 1. The molecular weight excluding hydrogens is 270 g/mol. The van der Waals surface area contributed by atoms with E-state index >= 15 is 0 Å². The number of nitrogens with two attached hydrogens (primary N) is 1. The first-order chi connectivity index (χ1) is 8.58. The average Bonchev–Trinajstić information content (AvgIpc) is 2.69. The monoisotopic (exact) mass is 283 g/mol. The molecular formula is C12H14ClN3OS. The van der Waals surface area contributed by atoms with Gasteiger partial charge in [-0.3, -0.25) is 4.79 Å². The Hall–Kier alpha value is -1.17. The zero-order chi connectivity index (χ0) is 13.1. The first-order valence-corrected chi connectivity index (χ1v) is 6.89. The van der Waals surface area contributed by atoms with Crippen LogP contribution in [0.3, 0.4) is 0 Å². The minimum atomic E-state index is -0.103. The van der Waals surface area contributed by atoms with E-state index in [2.05, 4.69) is 10.3 Å². The van der Waals surface area contributed by atoms with Gasteiger partial charge < -0.3 is 11.1 Å². The summed E-state index contributed by atoms with van der Waals surface area (Å²) in [6.07, 6.45) is 1.09. The second-order valence-corrected chi connectivity index (χ2v) is 5.52. The molecule has 0 aliphatic heterocycles. The van der Waals surface area contributed by atoms with Crippen LogP contribution in [0, 0.1) is 0 Å². The molecule has 1 aromatic carbocycles. The molecule has 4 nitrogen and oxygen atoms in total. The molecule has 2 rings (SSSR count). The Morgan fingerprint density at radius 2 is 2.39 bits per heavy atom. The first kappa shape index (κ1) is 13.3. The van der Waals surface area contributed by atoms with E-state index in [1.54, 1.807) is 6.07 Å². The maximum atomic E-state index is 11.7. The molecule has 0 bridgehead atoms. The number of thiazole rings is 1. The molecule has 96 valence electrons. The highest BCUT2D eigenvalue weighted by Gasteiger charge is 2.10. The van der Waals surface area contributed by atoms with Gasteiger partial charge in [0.1, 0.15) is 0 Å².